The normalized spacial score (nSPS) is 15.6. The lowest BCUT2D eigenvalue weighted by molar-refractivity contribution is -0.197. The summed E-state index contributed by atoms with van der Waals surface area (Å²) in [5, 5.41) is 5.95. The Morgan fingerprint density at radius 3 is 2.55 bits per heavy atom. The van der Waals surface area contributed by atoms with Gasteiger partial charge in [-0.05, 0) is 12.0 Å². The Labute approximate surface area is 113 Å². The Kier molecular flexibility index (Phi) is 5.48. The lowest BCUT2D eigenvalue weighted by atomic mass is 10.1. The van der Waals surface area contributed by atoms with Crippen LogP contribution in [0.25, 0.3) is 10.4 Å². The summed E-state index contributed by atoms with van der Waals surface area (Å²) in [6, 6.07) is -1.05. The second kappa shape index (κ2) is 7.10. The van der Waals surface area contributed by atoms with Crippen LogP contribution < -0.4 is 5.32 Å². The number of nitrogens with one attached hydrogen (secondary N) is 1. The van der Waals surface area contributed by atoms with Crippen molar-refractivity contribution in [2.45, 2.75) is 31.7 Å². The molecule has 108 valence electrons. The van der Waals surface area contributed by atoms with E-state index in [9.17, 15) is 19.2 Å². The van der Waals surface area contributed by atoms with E-state index in [0.717, 1.165) is 0 Å². The zero-order valence-corrected chi connectivity index (χ0v) is 10.7. The number of imide groups is 1. The van der Waals surface area contributed by atoms with Gasteiger partial charge < -0.3 is 10.2 Å². The number of hydrogen-bond donors (Lipinski definition) is 1. The zero-order valence-electron chi connectivity index (χ0n) is 10.7. The first-order valence-corrected chi connectivity index (χ1v) is 5.82. The van der Waals surface area contributed by atoms with Crippen LogP contribution in [-0.2, 0) is 24.0 Å². The second-order valence-corrected chi connectivity index (χ2v) is 3.92. The van der Waals surface area contributed by atoms with Crippen molar-refractivity contribution in [1.82, 2.24) is 10.4 Å². The number of azide groups is 1. The number of nitrogens with zero attached hydrogens (tertiary/aromatic N) is 4. The standard InChI is InChI=1S/C10H13N5O5/c1-12-10(19)6(13-14-11)2-5-9(18)20-15-7(16)3-4-8(15)17/h6H,2-5H2,1H3,(H,12,19)/t6-/m0/s1. The molecule has 1 saturated heterocycles. The van der Waals surface area contributed by atoms with E-state index in [0.29, 0.717) is 5.06 Å². The summed E-state index contributed by atoms with van der Waals surface area (Å²) in [6.07, 6.45) is -0.343. The topological polar surface area (TPSA) is 142 Å². The third-order valence-electron chi connectivity index (χ3n) is 2.56. The molecule has 1 heterocycles. The molecule has 1 atom stereocenters. The van der Waals surface area contributed by atoms with Crippen LogP contribution in [0.15, 0.2) is 5.11 Å². The quantitative estimate of drug-likeness (QED) is 0.311. The summed E-state index contributed by atoms with van der Waals surface area (Å²) in [5.41, 5.74) is 8.31. The SMILES string of the molecule is CNC(=O)[C@H](CCC(=O)ON1C(=O)CCC1=O)N=[N+]=[N-]. The van der Waals surface area contributed by atoms with Crippen molar-refractivity contribution in [3.05, 3.63) is 10.4 Å². The zero-order chi connectivity index (χ0) is 15.1. The van der Waals surface area contributed by atoms with Crippen molar-refractivity contribution in [3.8, 4) is 0 Å². The highest BCUT2D eigenvalue weighted by Gasteiger charge is 2.33. The van der Waals surface area contributed by atoms with E-state index in [4.69, 9.17) is 5.53 Å². The molecule has 3 amide bonds. The molecule has 1 fully saturated rings. The first-order valence-electron chi connectivity index (χ1n) is 5.82. The molecule has 1 N–H and O–H groups in total. The van der Waals surface area contributed by atoms with Gasteiger partial charge in [-0.3, -0.25) is 14.4 Å². The Morgan fingerprint density at radius 2 is 2.05 bits per heavy atom. The predicted octanol–water partition coefficient (Wildman–Crippen LogP) is -0.201. The Morgan fingerprint density at radius 1 is 1.45 bits per heavy atom. The largest absolute Gasteiger partial charge is 0.359 e. The first-order chi connectivity index (χ1) is 9.49. The summed E-state index contributed by atoms with van der Waals surface area (Å²) in [5.74, 6) is -2.55. The number of hydrogen-bond acceptors (Lipinski definition) is 6. The lowest BCUT2D eigenvalue weighted by Gasteiger charge is -2.13. The number of likely N-dealkylation sites (N-methyl/N-ethyl adjacent to an activating group) is 1. The van der Waals surface area contributed by atoms with Gasteiger partial charge in [0.25, 0.3) is 11.8 Å². The third-order valence-corrected chi connectivity index (χ3v) is 2.56. The van der Waals surface area contributed by atoms with Crippen molar-refractivity contribution in [2.24, 2.45) is 5.11 Å². The monoisotopic (exact) mass is 283 g/mol. The van der Waals surface area contributed by atoms with Crippen molar-refractivity contribution >= 4 is 23.7 Å². The van der Waals surface area contributed by atoms with Gasteiger partial charge in [0, 0.05) is 31.2 Å². The molecule has 0 saturated carbocycles. The van der Waals surface area contributed by atoms with Gasteiger partial charge in [-0.2, -0.15) is 0 Å². The lowest BCUT2D eigenvalue weighted by Crippen LogP contribution is -2.33. The summed E-state index contributed by atoms with van der Waals surface area (Å²) >= 11 is 0. The second-order valence-electron chi connectivity index (χ2n) is 3.92. The molecule has 20 heavy (non-hydrogen) atoms. The third kappa shape index (κ3) is 3.95. The van der Waals surface area contributed by atoms with E-state index in [2.05, 4.69) is 20.2 Å². The molecule has 10 heteroatoms. The first kappa shape index (κ1) is 15.4. The fourth-order valence-electron chi connectivity index (χ4n) is 1.53. The molecular weight excluding hydrogens is 270 g/mol. The molecule has 0 aliphatic carbocycles. The number of carbonyl (C=O) groups excluding carboxylic acids is 4. The fourth-order valence-corrected chi connectivity index (χ4v) is 1.53. The van der Waals surface area contributed by atoms with Crippen molar-refractivity contribution < 1.29 is 24.0 Å². The molecule has 1 aliphatic rings. The minimum Gasteiger partial charge on any atom is -0.359 e. The van der Waals surface area contributed by atoms with E-state index < -0.39 is 29.7 Å². The van der Waals surface area contributed by atoms with Crippen LogP contribution in [0.4, 0.5) is 0 Å². The van der Waals surface area contributed by atoms with Gasteiger partial charge in [-0.1, -0.05) is 5.11 Å². The number of carbonyl (C=O) groups is 4. The van der Waals surface area contributed by atoms with E-state index in [1.54, 1.807) is 0 Å². The van der Waals surface area contributed by atoms with Crippen molar-refractivity contribution in [3.63, 3.8) is 0 Å². The highest BCUT2D eigenvalue weighted by Crippen LogP contribution is 2.13. The summed E-state index contributed by atoms with van der Waals surface area (Å²) < 4.78 is 0. The van der Waals surface area contributed by atoms with Crippen molar-refractivity contribution in [1.29, 1.82) is 0 Å². The molecule has 0 aromatic rings. The molecule has 0 radical (unpaired) electrons. The highest BCUT2D eigenvalue weighted by atomic mass is 16.7. The van der Waals surface area contributed by atoms with Crippen LogP contribution in [0, 0.1) is 0 Å². The average Bonchev–Trinajstić information content (AvgIpc) is 2.74. The van der Waals surface area contributed by atoms with Crippen LogP contribution in [0.2, 0.25) is 0 Å². The molecule has 0 unspecified atom stereocenters. The van der Waals surface area contributed by atoms with Gasteiger partial charge in [0.05, 0.1) is 0 Å². The van der Waals surface area contributed by atoms with Crippen LogP contribution >= 0.6 is 0 Å². The highest BCUT2D eigenvalue weighted by molar-refractivity contribution is 6.01. The Balaban J connectivity index is 2.49. The Hall–Kier alpha value is -2.61. The minimum atomic E-state index is -1.05. The fraction of sp³-hybridized carbons (Fsp3) is 0.600. The molecule has 1 aliphatic heterocycles. The van der Waals surface area contributed by atoms with Crippen LogP contribution in [0.5, 0.6) is 0 Å². The molecule has 0 spiro atoms. The summed E-state index contributed by atoms with van der Waals surface area (Å²) in [6.45, 7) is 0. The molecule has 0 aromatic carbocycles. The number of amides is 3. The van der Waals surface area contributed by atoms with Gasteiger partial charge in [-0.15, -0.1) is 5.06 Å². The molecule has 10 nitrogen and oxygen atoms in total. The molecule has 1 rings (SSSR count). The van der Waals surface area contributed by atoms with E-state index in [-0.39, 0.29) is 25.7 Å². The minimum absolute atomic E-state index is 0.00566. The average molecular weight is 283 g/mol. The van der Waals surface area contributed by atoms with Crippen LogP contribution in [0.3, 0.4) is 0 Å². The smallest absolute Gasteiger partial charge is 0.333 e. The summed E-state index contributed by atoms with van der Waals surface area (Å²) in [4.78, 5) is 52.3. The predicted molar refractivity (Wildman–Crippen MR) is 63.4 cm³/mol. The molecule has 0 bridgehead atoms. The van der Waals surface area contributed by atoms with Gasteiger partial charge >= 0.3 is 5.97 Å². The van der Waals surface area contributed by atoms with Crippen molar-refractivity contribution in [2.75, 3.05) is 7.05 Å². The number of hydroxylamine groups is 2. The van der Waals surface area contributed by atoms with Gasteiger partial charge in [0.15, 0.2) is 0 Å². The van der Waals surface area contributed by atoms with Gasteiger partial charge in [0.1, 0.15) is 6.04 Å². The maximum absolute atomic E-state index is 11.5. The maximum Gasteiger partial charge on any atom is 0.333 e. The molecule has 0 aromatic heterocycles. The Bertz CT molecular complexity index is 468. The summed E-state index contributed by atoms with van der Waals surface area (Å²) in [7, 11) is 1.36. The number of rotatable bonds is 6. The van der Waals surface area contributed by atoms with Crippen LogP contribution in [-0.4, -0.2) is 41.8 Å². The van der Waals surface area contributed by atoms with Crippen LogP contribution in [0.1, 0.15) is 25.7 Å². The maximum atomic E-state index is 11.5. The van der Waals surface area contributed by atoms with E-state index in [1.807, 2.05) is 0 Å². The van der Waals surface area contributed by atoms with E-state index in [1.165, 1.54) is 7.05 Å². The van der Waals surface area contributed by atoms with Gasteiger partial charge in [0.2, 0.25) is 5.91 Å². The van der Waals surface area contributed by atoms with Gasteiger partial charge in [-0.25, -0.2) is 4.79 Å². The van der Waals surface area contributed by atoms with E-state index >= 15 is 0 Å². The molecular formula is C10H13N5O5.